The highest BCUT2D eigenvalue weighted by Crippen LogP contribution is 2.40. The summed E-state index contributed by atoms with van der Waals surface area (Å²) in [5.74, 6) is -0.374. The van der Waals surface area contributed by atoms with Crippen LogP contribution in [-0.4, -0.2) is 26.1 Å². The van der Waals surface area contributed by atoms with E-state index in [4.69, 9.17) is 9.47 Å². The number of nitrogens with one attached hydrogen (secondary N) is 1. The van der Waals surface area contributed by atoms with Crippen molar-refractivity contribution in [1.29, 1.82) is 0 Å². The Morgan fingerprint density at radius 1 is 0.964 bits per heavy atom. The maximum Gasteiger partial charge on any atom is 0.341 e. The molecule has 0 spiro atoms. The molecule has 0 aliphatic carbocycles. The van der Waals surface area contributed by atoms with Gasteiger partial charge in [0.25, 0.3) is 5.91 Å². The van der Waals surface area contributed by atoms with Gasteiger partial charge in [0.1, 0.15) is 16.3 Å². The summed E-state index contributed by atoms with van der Waals surface area (Å²) in [4.78, 5) is 26.3. The SMILES string of the molecule is COC(=O)c1c(NC(=O)c2ccccc2OC)sc(C)c1-c1ccc(C)cc1. The largest absolute Gasteiger partial charge is 0.496 e. The fourth-order valence-electron chi connectivity index (χ4n) is 3.00. The van der Waals surface area contributed by atoms with Crippen molar-refractivity contribution >= 4 is 28.2 Å². The summed E-state index contributed by atoms with van der Waals surface area (Å²) in [6, 6.07) is 14.8. The number of hydrogen-bond donors (Lipinski definition) is 1. The van der Waals surface area contributed by atoms with Gasteiger partial charge in [0.2, 0.25) is 0 Å². The van der Waals surface area contributed by atoms with Crippen LogP contribution in [0.2, 0.25) is 0 Å². The Labute approximate surface area is 167 Å². The van der Waals surface area contributed by atoms with E-state index in [-0.39, 0.29) is 5.91 Å². The zero-order valence-electron chi connectivity index (χ0n) is 16.2. The number of ether oxygens (including phenoxy) is 2. The lowest BCUT2D eigenvalue weighted by atomic mass is 10.0. The highest BCUT2D eigenvalue weighted by Gasteiger charge is 2.26. The number of hydrogen-bond acceptors (Lipinski definition) is 5. The molecule has 6 heteroatoms. The molecule has 1 heterocycles. The molecule has 28 heavy (non-hydrogen) atoms. The summed E-state index contributed by atoms with van der Waals surface area (Å²) in [7, 11) is 2.84. The van der Waals surface area contributed by atoms with E-state index in [9.17, 15) is 9.59 Å². The van der Waals surface area contributed by atoms with Gasteiger partial charge in [0.05, 0.1) is 19.8 Å². The Hall–Kier alpha value is -3.12. The van der Waals surface area contributed by atoms with Crippen molar-refractivity contribution in [3.8, 4) is 16.9 Å². The monoisotopic (exact) mass is 395 g/mol. The fourth-order valence-corrected chi connectivity index (χ4v) is 4.06. The summed E-state index contributed by atoms with van der Waals surface area (Å²) in [6.45, 7) is 3.93. The summed E-state index contributed by atoms with van der Waals surface area (Å²) >= 11 is 1.35. The lowest BCUT2D eigenvalue weighted by molar-refractivity contribution is 0.0603. The normalized spacial score (nSPS) is 10.4. The molecule has 3 aromatic rings. The molecular weight excluding hydrogens is 374 g/mol. The van der Waals surface area contributed by atoms with E-state index in [1.807, 2.05) is 38.1 Å². The van der Waals surface area contributed by atoms with E-state index in [1.54, 1.807) is 24.3 Å². The molecule has 1 N–H and O–H groups in total. The van der Waals surface area contributed by atoms with Crippen LogP contribution in [0, 0.1) is 13.8 Å². The van der Waals surface area contributed by atoms with E-state index >= 15 is 0 Å². The first-order valence-corrected chi connectivity index (χ1v) is 9.51. The van der Waals surface area contributed by atoms with Gasteiger partial charge in [-0.25, -0.2) is 4.79 Å². The molecule has 0 atom stereocenters. The molecular formula is C22H21NO4S. The molecule has 3 rings (SSSR count). The highest BCUT2D eigenvalue weighted by atomic mass is 32.1. The minimum atomic E-state index is -0.491. The number of para-hydroxylation sites is 1. The first-order chi connectivity index (χ1) is 13.5. The third-order valence-electron chi connectivity index (χ3n) is 4.39. The summed E-state index contributed by atoms with van der Waals surface area (Å²) in [5, 5.41) is 3.31. The van der Waals surface area contributed by atoms with E-state index in [0.717, 1.165) is 21.6 Å². The van der Waals surface area contributed by atoms with Gasteiger partial charge in [-0.1, -0.05) is 42.0 Å². The predicted molar refractivity (Wildman–Crippen MR) is 112 cm³/mol. The van der Waals surface area contributed by atoms with Crippen molar-refractivity contribution in [3.05, 3.63) is 70.1 Å². The Morgan fingerprint density at radius 2 is 1.64 bits per heavy atom. The third-order valence-corrected chi connectivity index (χ3v) is 5.41. The number of esters is 1. The smallest absolute Gasteiger partial charge is 0.341 e. The third kappa shape index (κ3) is 3.77. The number of carbonyl (C=O) groups is 2. The fraction of sp³-hybridized carbons (Fsp3) is 0.182. The van der Waals surface area contributed by atoms with Crippen molar-refractivity contribution in [3.63, 3.8) is 0 Å². The molecule has 0 saturated carbocycles. The van der Waals surface area contributed by atoms with Gasteiger partial charge in [0.15, 0.2) is 0 Å². The Balaban J connectivity index is 2.06. The highest BCUT2D eigenvalue weighted by molar-refractivity contribution is 7.17. The van der Waals surface area contributed by atoms with Crippen molar-refractivity contribution in [2.24, 2.45) is 0 Å². The molecule has 0 unspecified atom stereocenters. The van der Waals surface area contributed by atoms with E-state index < -0.39 is 5.97 Å². The zero-order valence-corrected chi connectivity index (χ0v) is 17.0. The number of rotatable bonds is 5. The summed E-state index contributed by atoms with van der Waals surface area (Å²) in [6.07, 6.45) is 0. The lowest BCUT2D eigenvalue weighted by Crippen LogP contribution is -2.15. The van der Waals surface area contributed by atoms with Gasteiger partial charge in [-0.3, -0.25) is 4.79 Å². The van der Waals surface area contributed by atoms with Gasteiger partial charge >= 0.3 is 5.97 Å². The molecule has 0 saturated heterocycles. The van der Waals surface area contributed by atoms with Crippen molar-refractivity contribution < 1.29 is 19.1 Å². The van der Waals surface area contributed by atoms with E-state index in [1.165, 1.54) is 25.6 Å². The first kappa shape index (κ1) is 19.6. The molecule has 0 aliphatic heterocycles. The Bertz CT molecular complexity index is 1020. The second-order valence-electron chi connectivity index (χ2n) is 6.25. The molecule has 0 aliphatic rings. The topological polar surface area (TPSA) is 64.6 Å². The zero-order chi connectivity index (χ0) is 20.3. The van der Waals surface area contributed by atoms with Crippen LogP contribution in [0.25, 0.3) is 11.1 Å². The number of benzene rings is 2. The van der Waals surface area contributed by atoms with Crippen LogP contribution in [0.5, 0.6) is 5.75 Å². The Kier molecular flexibility index (Phi) is 5.80. The lowest BCUT2D eigenvalue weighted by Gasteiger charge is -2.10. The first-order valence-electron chi connectivity index (χ1n) is 8.69. The van der Waals surface area contributed by atoms with Crippen LogP contribution in [0.1, 0.15) is 31.2 Å². The molecule has 2 aromatic carbocycles. The van der Waals surface area contributed by atoms with Crippen LogP contribution in [0.4, 0.5) is 5.00 Å². The average Bonchev–Trinajstić information content (AvgIpc) is 3.03. The van der Waals surface area contributed by atoms with Crippen molar-refractivity contribution in [2.45, 2.75) is 13.8 Å². The second-order valence-corrected chi connectivity index (χ2v) is 7.47. The molecule has 0 bridgehead atoms. The van der Waals surface area contributed by atoms with Gasteiger partial charge in [-0.15, -0.1) is 11.3 Å². The summed E-state index contributed by atoms with van der Waals surface area (Å²) < 4.78 is 10.3. The van der Waals surface area contributed by atoms with Crippen molar-refractivity contribution in [2.75, 3.05) is 19.5 Å². The van der Waals surface area contributed by atoms with Crippen LogP contribution >= 0.6 is 11.3 Å². The van der Waals surface area contributed by atoms with E-state index in [0.29, 0.717) is 21.9 Å². The van der Waals surface area contributed by atoms with E-state index in [2.05, 4.69) is 5.32 Å². The molecule has 0 radical (unpaired) electrons. The maximum atomic E-state index is 12.8. The molecule has 144 valence electrons. The number of thiophene rings is 1. The number of anilines is 1. The van der Waals surface area contributed by atoms with Gasteiger partial charge in [-0.2, -0.15) is 0 Å². The number of carbonyl (C=O) groups excluding carboxylic acids is 2. The van der Waals surface area contributed by atoms with Gasteiger partial charge in [0, 0.05) is 10.4 Å². The molecule has 1 aromatic heterocycles. The average molecular weight is 395 g/mol. The minimum Gasteiger partial charge on any atom is -0.496 e. The minimum absolute atomic E-state index is 0.348. The van der Waals surface area contributed by atoms with Gasteiger partial charge < -0.3 is 14.8 Å². The number of aryl methyl sites for hydroxylation is 2. The maximum absolute atomic E-state index is 12.8. The van der Waals surface area contributed by atoms with Crippen molar-refractivity contribution in [1.82, 2.24) is 0 Å². The second kappa shape index (κ2) is 8.27. The van der Waals surface area contributed by atoms with Crippen LogP contribution < -0.4 is 10.1 Å². The number of methoxy groups -OCH3 is 2. The van der Waals surface area contributed by atoms with Crippen LogP contribution in [-0.2, 0) is 4.74 Å². The molecule has 1 amide bonds. The Morgan fingerprint density at radius 3 is 2.29 bits per heavy atom. The van der Waals surface area contributed by atoms with Crippen LogP contribution in [0.15, 0.2) is 48.5 Å². The predicted octanol–water partition coefficient (Wildman–Crippen LogP) is 5.08. The number of amides is 1. The summed E-state index contributed by atoms with van der Waals surface area (Å²) in [5.41, 5.74) is 3.55. The van der Waals surface area contributed by atoms with Crippen LogP contribution in [0.3, 0.4) is 0 Å². The van der Waals surface area contributed by atoms with Gasteiger partial charge in [-0.05, 0) is 31.5 Å². The quantitative estimate of drug-likeness (QED) is 0.612. The standard InChI is InChI=1S/C22H21NO4S/c1-13-9-11-15(12-10-13)18-14(2)28-21(19(18)22(25)27-4)23-20(24)16-7-5-6-8-17(16)26-3/h5-12H,1-4H3,(H,23,24). The molecule has 5 nitrogen and oxygen atoms in total. The molecule has 0 fully saturated rings.